The number of aromatic nitrogens is 4. The first-order valence-corrected chi connectivity index (χ1v) is 15.9. The summed E-state index contributed by atoms with van der Waals surface area (Å²) in [4.78, 5) is 36.6. The van der Waals surface area contributed by atoms with Crippen LogP contribution in [0.1, 0.15) is 73.1 Å². The van der Waals surface area contributed by atoms with E-state index < -0.39 is 5.91 Å². The van der Waals surface area contributed by atoms with Crippen LogP contribution in [0.5, 0.6) is 5.75 Å². The van der Waals surface area contributed by atoms with Gasteiger partial charge in [-0.1, -0.05) is 38.3 Å². The second-order valence-electron chi connectivity index (χ2n) is 10.1. The number of halogens is 2. The summed E-state index contributed by atoms with van der Waals surface area (Å²) < 4.78 is 10.5. The number of aryl methyl sites for hydroxylation is 2. The second kappa shape index (κ2) is 16.5. The molecule has 3 heterocycles. The van der Waals surface area contributed by atoms with Crippen LogP contribution in [-0.2, 0) is 19.6 Å². The molecule has 1 aromatic carbocycles. The largest absolute Gasteiger partial charge is 0.493 e. The number of amides is 2. The minimum atomic E-state index is -0.512. The molecule has 2 aromatic heterocycles. The Labute approximate surface area is 263 Å². The molecule has 14 heteroatoms. The predicted molar refractivity (Wildman–Crippen MR) is 171 cm³/mol. The molecular formula is C29H44Cl2N9O3+. The van der Waals surface area contributed by atoms with Gasteiger partial charge in [-0.05, 0) is 19.8 Å². The maximum atomic E-state index is 13.7. The summed E-state index contributed by atoms with van der Waals surface area (Å²) in [5.41, 5.74) is 13.9. The van der Waals surface area contributed by atoms with E-state index in [-0.39, 0.29) is 34.9 Å². The van der Waals surface area contributed by atoms with Crippen LogP contribution in [0.25, 0.3) is 11.0 Å². The molecule has 4 rings (SSSR count). The fourth-order valence-electron chi connectivity index (χ4n) is 5.14. The third kappa shape index (κ3) is 7.98. The van der Waals surface area contributed by atoms with Crippen LogP contribution in [0, 0.1) is 0 Å². The van der Waals surface area contributed by atoms with Gasteiger partial charge < -0.3 is 31.7 Å². The van der Waals surface area contributed by atoms with Crippen molar-refractivity contribution in [2.24, 2.45) is 0 Å². The number of piperazine rings is 1. The number of nitrogens with one attached hydrogen (secondary N) is 2. The maximum absolute atomic E-state index is 13.7. The first kappa shape index (κ1) is 34.1. The number of hydrogen-bond donors (Lipinski definition) is 4. The SMILES string of the molecule is CCCCCOc1cc2c(cc1C(=O)N1CCNCC1)n(CC)c(CNC(=O)c1nc(Cl)c(N)nc1N)[n+]2CCC.CCl. The van der Waals surface area contributed by atoms with E-state index in [0.29, 0.717) is 44.1 Å². The van der Waals surface area contributed by atoms with Crippen LogP contribution < -0.4 is 31.4 Å². The molecule has 12 nitrogen and oxygen atoms in total. The van der Waals surface area contributed by atoms with Crippen molar-refractivity contribution >= 4 is 57.7 Å². The lowest BCUT2D eigenvalue weighted by atomic mass is 10.1. The highest BCUT2D eigenvalue weighted by atomic mass is 35.5. The molecule has 0 saturated carbocycles. The highest BCUT2D eigenvalue weighted by molar-refractivity contribution is 6.31. The third-order valence-corrected chi connectivity index (χ3v) is 7.49. The maximum Gasteiger partial charge on any atom is 0.277 e. The van der Waals surface area contributed by atoms with Gasteiger partial charge in [0, 0.05) is 44.7 Å². The lowest BCUT2D eigenvalue weighted by molar-refractivity contribution is -0.680. The van der Waals surface area contributed by atoms with Crippen molar-refractivity contribution in [3.63, 3.8) is 0 Å². The Kier molecular flexibility index (Phi) is 13.1. The normalized spacial score (nSPS) is 13.0. The molecule has 0 bridgehead atoms. The van der Waals surface area contributed by atoms with E-state index in [9.17, 15) is 9.59 Å². The van der Waals surface area contributed by atoms with Crippen molar-refractivity contribution in [2.75, 3.05) is 50.6 Å². The molecule has 0 aliphatic carbocycles. The number of anilines is 2. The van der Waals surface area contributed by atoms with Crippen molar-refractivity contribution in [1.29, 1.82) is 0 Å². The monoisotopic (exact) mass is 636 g/mol. The fourth-order valence-corrected chi connectivity index (χ4v) is 5.27. The zero-order chi connectivity index (χ0) is 31.5. The Morgan fingerprint density at radius 2 is 1.79 bits per heavy atom. The molecule has 1 aliphatic heterocycles. The zero-order valence-corrected chi connectivity index (χ0v) is 27.0. The average molecular weight is 638 g/mol. The van der Waals surface area contributed by atoms with Crippen molar-refractivity contribution in [1.82, 2.24) is 30.1 Å². The number of imidazole rings is 1. The molecule has 43 heavy (non-hydrogen) atoms. The highest BCUT2D eigenvalue weighted by Crippen LogP contribution is 2.28. The van der Waals surface area contributed by atoms with Gasteiger partial charge in [-0.25, -0.2) is 19.1 Å². The van der Waals surface area contributed by atoms with Gasteiger partial charge in [0.15, 0.2) is 33.5 Å². The number of nitrogens with zero attached hydrogens (tertiary/aromatic N) is 5. The van der Waals surface area contributed by atoms with Crippen molar-refractivity contribution in [2.45, 2.75) is 66.1 Å². The van der Waals surface area contributed by atoms with E-state index in [0.717, 1.165) is 55.6 Å². The third-order valence-electron chi connectivity index (χ3n) is 7.21. The van der Waals surface area contributed by atoms with Crippen LogP contribution in [0.15, 0.2) is 12.1 Å². The summed E-state index contributed by atoms with van der Waals surface area (Å²) in [6.07, 6.45) is 5.40. The molecule has 1 aliphatic rings. The molecule has 0 spiro atoms. The van der Waals surface area contributed by atoms with Crippen LogP contribution >= 0.6 is 23.2 Å². The number of rotatable bonds is 12. The van der Waals surface area contributed by atoms with Crippen LogP contribution in [0.3, 0.4) is 0 Å². The number of benzene rings is 1. The molecule has 0 unspecified atom stereocenters. The number of ether oxygens (including phenoxy) is 1. The smallest absolute Gasteiger partial charge is 0.277 e. The summed E-state index contributed by atoms with van der Waals surface area (Å²) in [6, 6.07) is 3.92. The van der Waals surface area contributed by atoms with Gasteiger partial charge in [-0.2, -0.15) is 0 Å². The molecule has 6 N–H and O–H groups in total. The van der Waals surface area contributed by atoms with Crippen LogP contribution in [0.4, 0.5) is 11.6 Å². The van der Waals surface area contributed by atoms with E-state index >= 15 is 0 Å². The number of nitrogens with two attached hydrogens (primary N) is 2. The fraction of sp³-hybridized carbons (Fsp3) is 0.552. The Bertz CT molecular complexity index is 1410. The molecule has 1 saturated heterocycles. The molecule has 0 radical (unpaired) electrons. The van der Waals surface area contributed by atoms with Gasteiger partial charge in [0.25, 0.3) is 17.6 Å². The van der Waals surface area contributed by atoms with E-state index in [1.165, 1.54) is 6.38 Å². The van der Waals surface area contributed by atoms with Gasteiger partial charge in [0.1, 0.15) is 12.3 Å². The number of alkyl halides is 1. The van der Waals surface area contributed by atoms with Gasteiger partial charge >= 0.3 is 0 Å². The molecule has 0 atom stereocenters. The topological polar surface area (TPSA) is 157 Å². The Morgan fingerprint density at radius 1 is 1.07 bits per heavy atom. The van der Waals surface area contributed by atoms with E-state index in [2.05, 4.69) is 55.2 Å². The molecule has 236 valence electrons. The van der Waals surface area contributed by atoms with Gasteiger partial charge in [0.2, 0.25) is 0 Å². The summed E-state index contributed by atoms with van der Waals surface area (Å²) in [5, 5.41) is 6.14. The van der Waals surface area contributed by atoms with Gasteiger partial charge in [-0.3, -0.25) is 9.59 Å². The quantitative estimate of drug-likeness (QED) is 0.134. The molecule has 3 aromatic rings. The molecule has 1 fully saturated rings. The number of fused-ring (bicyclic) bond motifs is 1. The lowest BCUT2D eigenvalue weighted by Gasteiger charge is -2.28. The van der Waals surface area contributed by atoms with Gasteiger partial charge in [0.05, 0.1) is 25.3 Å². The minimum absolute atomic E-state index is 0.0334. The molecule has 2 amide bonds. The Hall–Kier alpha value is -3.35. The van der Waals surface area contributed by atoms with E-state index in [4.69, 9.17) is 27.8 Å². The number of carbonyl (C=O) groups excluding carboxylic acids is 2. The van der Waals surface area contributed by atoms with Crippen LogP contribution in [0.2, 0.25) is 5.15 Å². The van der Waals surface area contributed by atoms with E-state index in [1.807, 2.05) is 24.0 Å². The second-order valence-corrected chi connectivity index (χ2v) is 10.4. The summed E-state index contributed by atoms with van der Waals surface area (Å²) in [6.45, 7) is 11.2. The number of nitrogen functional groups attached to an aromatic ring is 2. The highest BCUT2D eigenvalue weighted by Gasteiger charge is 2.30. The van der Waals surface area contributed by atoms with Gasteiger partial charge in [-0.15, -0.1) is 11.6 Å². The van der Waals surface area contributed by atoms with Crippen molar-refractivity contribution < 1.29 is 18.9 Å². The Balaban J connectivity index is 0.00000248. The van der Waals surface area contributed by atoms with Crippen molar-refractivity contribution in [3.8, 4) is 5.75 Å². The van der Waals surface area contributed by atoms with Crippen molar-refractivity contribution in [3.05, 3.63) is 34.4 Å². The standard InChI is InChI=1S/C28H40ClN9O3.CH3Cl/c1-4-7-8-14-41-21-16-20-19(15-18(21)28(40)36-12-9-32-10-13-36)37(6-3)22(38(20)11-5-2)17-33-27(39)23-25(30)35-26(31)24(29)34-23;1-2/h15-16,32H,4-14,17H2,1-3H3,(H4-,30,31,33,35,39);1H3/p+1. The summed E-state index contributed by atoms with van der Waals surface area (Å²) in [7, 11) is 0. The Morgan fingerprint density at radius 3 is 2.44 bits per heavy atom. The van der Waals surface area contributed by atoms with E-state index in [1.54, 1.807) is 0 Å². The molecular weight excluding hydrogens is 593 g/mol. The number of unbranched alkanes of at least 4 members (excludes halogenated alkanes) is 2. The number of hydrogen-bond acceptors (Lipinski definition) is 8. The first-order valence-electron chi connectivity index (χ1n) is 14.8. The lowest BCUT2D eigenvalue weighted by Crippen LogP contribution is -2.46. The summed E-state index contributed by atoms with van der Waals surface area (Å²) in [5.74, 6) is 0.783. The minimum Gasteiger partial charge on any atom is -0.493 e. The predicted octanol–water partition coefficient (Wildman–Crippen LogP) is 3.37. The van der Waals surface area contributed by atoms with Crippen LogP contribution in [-0.4, -0.2) is 70.4 Å². The summed E-state index contributed by atoms with van der Waals surface area (Å²) >= 11 is 10.6. The number of carbonyl (C=O) groups is 2. The first-order chi connectivity index (χ1) is 20.8. The average Bonchev–Trinajstić information content (AvgIpc) is 3.31. The zero-order valence-electron chi connectivity index (χ0n) is 25.5.